The first-order valence-corrected chi connectivity index (χ1v) is 6.29. The van der Waals surface area contributed by atoms with Gasteiger partial charge in [-0.3, -0.25) is 4.68 Å². The van der Waals surface area contributed by atoms with Gasteiger partial charge in [-0.1, -0.05) is 31.9 Å². The molecular formula is C11H10Br2N2O. The minimum atomic E-state index is -0.681. The van der Waals surface area contributed by atoms with Crippen LogP contribution in [0.2, 0.25) is 0 Å². The van der Waals surface area contributed by atoms with E-state index in [9.17, 15) is 5.11 Å². The number of hydrogen-bond acceptors (Lipinski definition) is 2. The SMILES string of the molecule is Cn1nccc1C(O)c1cc(Br)ccc1Br. The zero-order chi connectivity index (χ0) is 11.7. The van der Waals surface area contributed by atoms with Crippen molar-refractivity contribution < 1.29 is 5.11 Å². The van der Waals surface area contributed by atoms with Crippen LogP contribution in [0.15, 0.2) is 39.4 Å². The van der Waals surface area contributed by atoms with Gasteiger partial charge in [0.2, 0.25) is 0 Å². The van der Waals surface area contributed by atoms with Crippen LogP contribution in [-0.4, -0.2) is 14.9 Å². The number of nitrogens with zero attached hydrogens (tertiary/aromatic N) is 2. The van der Waals surface area contributed by atoms with E-state index in [0.717, 1.165) is 20.2 Å². The number of aliphatic hydroxyl groups is 1. The van der Waals surface area contributed by atoms with E-state index in [0.29, 0.717) is 0 Å². The monoisotopic (exact) mass is 344 g/mol. The highest BCUT2D eigenvalue weighted by atomic mass is 79.9. The average molecular weight is 346 g/mol. The summed E-state index contributed by atoms with van der Waals surface area (Å²) in [7, 11) is 1.81. The Morgan fingerprint density at radius 3 is 2.69 bits per heavy atom. The van der Waals surface area contributed by atoms with Crippen LogP contribution in [-0.2, 0) is 7.05 Å². The highest BCUT2D eigenvalue weighted by Crippen LogP contribution is 2.30. The molecule has 0 saturated heterocycles. The fraction of sp³-hybridized carbons (Fsp3) is 0.182. The quantitative estimate of drug-likeness (QED) is 0.908. The van der Waals surface area contributed by atoms with E-state index in [4.69, 9.17) is 0 Å². The van der Waals surface area contributed by atoms with Gasteiger partial charge in [-0.2, -0.15) is 5.10 Å². The molecule has 0 aliphatic carbocycles. The molecule has 16 heavy (non-hydrogen) atoms. The van der Waals surface area contributed by atoms with Crippen molar-refractivity contribution >= 4 is 31.9 Å². The van der Waals surface area contributed by atoms with Crippen molar-refractivity contribution in [3.63, 3.8) is 0 Å². The molecule has 1 unspecified atom stereocenters. The van der Waals surface area contributed by atoms with Crippen molar-refractivity contribution in [2.24, 2.45) is 7.05 Å². The van der Waals surface area contributed by atoms with Crippen molar-refractivity contribution in [2.75, 3.05) is 0 Å². The van der Waals surface area contributed by atoms with Gasteiger partial charge in [0.05, 0.1) is 5.69 Å². The second-order valence-electron chi connectivity index (χ2n) is 3.45. The van der Waals surface area contributed by atoms with Crippen LogP contribution in [0.5, 0.6) is 0 Å². The molecule has 0 bridgehead atoms. The first kappa shape index (κ1) is 11.8. The van der Waals surface area contributed by atoms with E-state index < -0.39 is 6.10 Å². The van der Waals surface area contributed by atoms with Crippen LogP contribution in [0.25, 0.3) is 0 Å². The minimum absolute atomic E-state index is 0.681. The molecule has 1 N–H and O–H groups in total. The molecule has 0 amide bonds. The Kier molecular flexibility index (Phi) is 3.47. The Labute approximate surface area is 110 Å². The summed E-state index contributed by atoms with van der Waals surface area (Å²) in [6.07, 6.45) is 0.990. The van der Waals surface area contributed by atoms with Gasteiger partial charge in [0.25, 0.3) is 0 Å². The van der Waals surface area contributed by atoms with Crippen LogP contribution >= 0.6 is 31.9 Å². The smallest absolute Gasteiger partial charge is 0.122 e. The van der Waals surface area contributed by atoms with E-state index in [-0.39, 0.29) is 0 Å². The van der Waals surface area contributed by atoms with Gasteiger partial charge in [-0.15, -0.1) is 0 Å². The number of halogens is 2. The van der Waals surface area contributed by atoms with Crippen molar-refractivity contribution in [3.8, 4) is 0 Å². The summed E-state index contributed by atoms with van der Waals surface area (Å²) in [5, 5.41) is 14.3. The van der Waals surface area contributed by atoms with Crippen LogP contribution in [0.1, 0.15) is 17.4 Å². The summed E-state index contributed by atoms with van der Waals surface area (Å²) in [4.78, 5) is 0. The molecular weight excluding hydrogens is 336 g/mol. The molecule has 1 aromatic carbocycles. The van der Waals surface area contributed by atoms with Gasteiger partial charge in [0.1, 0.15) is 6.10 Å². The van der Waals surface area contributed by atoms with Crippen LogP contribution < -0.4 is 0 Å². The second kappa shape index (κ2) is 4.69. The van der Waals surface area contributed by atoms with Crippen LogP contribution in [0, 0.1) is 0 Å². The third-order valence-corrected chi connectivity index (χ3v) is 3.61. The zero-order valence-corrected chi connectivity index (χ0v) is 11.7. The third-order valence-electron chi connectivity index (χ3n) is 2.39. The molecule has 1 atom stereocenters. The van der Waals surface area contributed by atoms with E-state index in [1.807, 2.05) is 25.2 Å². The molecule has 0 saturated carbocycles. The summed E-state index contributed by atoms with van der Waals surface area (Å²) in [6, 6.07) is 7.52. The van der Waals surface area contributed by atoms with Crippen molar-refractivity contribution in [1.82, 2.24) is 9.78 Å². The van der Waals surface area contributed by atoms with Crippen molar-refractivity contribution in [1.29, 1.82) is 0 Å². The van der Waals surface area contributed by atoms with E-state index in [1.54, 1.807) is 16.9 Å². The van der Waals surface area contributed by atoms with Gasteiger partial charge in [-0.25, -0.2) is 0 Å². The number of benzene rings is 1. The van der Waals surface area contributed by atoms with E-state index in [1.165, 1.54) is 0 Å². The molecule has 0 spiro atoms. The largest absolute Gasteiger partial charge is 0.382 e. The summed E-state index contributed by atoms with van der Waals surface area (Å²) in [5.74, 6) is 0. The van der Waals surface area contributed by atoms with Gasteiger partial charge in [0.15, 0.2) is 0 Å². The predicted octanol–water partition coefficient (Wildman–Crippen LogP) is 3.03. The molecule has 3 nitrogen and oxygen atoms in total. The zero-order valence-electron chi connectivity index (χ0n) is 8.56. The summed E-state index contributed by atoms with van der Waals surface area (Å²) in [6.45, 7) is 0. The lowest BCUT2D eigenvalue weighted by molar-refractivity contribution is 0.209. The van der Waals surface area contributed by atoms with E-state index in [2.05, 4.69) is 37.0 Å². The summed E-state index contributed by atoms with van der Waals surface area (Å²) >= 11 is 6.82. The van der Waals surface area contributed by atoms with Crippen LogP contribution in [0.3, 0.4) is 0 Å². The Morgan fingerprint density at radius 2 is 2.06 bits per heavy atom. The average Bonchev–Trinajstić information content (AvgIpc) is 2.67. The topological polar surface area (TPSA) is 38.0 Å². The molecule has 0 aliphatic heterocycles. The van der Waals surface area contributed by atoms with Crippen molar-refractivity contribution in [2.45, 2.75) is 6.10 Å². The normalized spacial score (nSPS) is 12.8. The number of aryl methyl sites for hydroxylation is 1. The van der Waals surface area contributed by atoms with E-state index >= 15 is 0 Å². The Morgan fingerprint density at radius 1 is 1.31 bits per heavy atom. The molecule has 0 fully saturated rings. The maximum Gasteiger partial charge on any atom is 0.122 e. The molecule has 5 heteroatoms. The molecule has 1 heterocycles. The minimum Gasteiger partial charge on any atom is -0.382 e. The lowest BCUT2D eigenvalue weighted by Crippen LogP contribution is -2.07. The molecule has 2 aromatic rings. The third kappa shape index (κ3) is 2.21. The van der Waals surface area contributed by atoms with Gasteiger partial charge in [0, 0.05) is 27.8 Å². The lowest BCUT2D eigenvalue weighted by Gasteiger charge is -2.13. The maximum atomic E-state index is 10.3. The maximum absolute atomic E-state index is 10.3. The lowest BCUT2D eigenvalue weighted by atomic mass is 10.1. The molecule has 84 valence electrons. The first-order valence-electron chi connectivity index (χ1n) is 4.70. The molecule has 1 aromatic heterocycles. The second-order valence-corrected chi connectivity index (χ2v) is 5.22. The fourth-order valence-electron chi connectivity index (χ4n) is 1.54. The van der Waals surface area contributed by atoms with Gasteiger partial charge >= 0.3 is 0 Å². The van der Waals surface area contributed by atoms with Gasteiger partial charge in [-0.05, 0) is 24.3 Å². The number of hydrogen-bond donors (Lipinski definition) is 1. The molecule has 0 aliphatic rings. The Bertz CT molecular complexity index is 510. The van der Waals surface area contributed by atoms with Crippen molar-refractivity contribution in [3.05, 3.63) is 50.7 Å². The highest BCUT2D eigenvalue weighted by molar-refractivity contribution is 9.11. The molecule has 0 radical (unpaired) electrons. The summed E-state index contributed by atoms with van der Waals surface area (Å²) < 4.78 is 3.48. The Hall–Kier alpha value is -0.650. The molecule has 2 rings (SSSR count). The standard InChI is InChI=1S/C11H10Br2N2O/c1-15-10(4-5-14-15)11(16)8-6-7(12)2-3-9(8)13/h2-6,11,16H,1H3. The fourth-order valence-corrected chi connectivity index (χ4v) is 2.38. The number of rotatable bonds is 2. The first-order chi connectivity index (χ1) is 7.59. The predicted molar refractivity (Wildman–Crippen MR) is 69.1 cm³/mol. The summed E-state index contributed by atoms with van der Waals surface area (Å²) in [5.41, 5.74) is 1.58. The van der Waals surface area contributed by atoms with Gasteiger partial charge < -0.3 is 5.11 Å². The van der Waals surface area contributed by atoms with Crippen LogP contribution in [0.4, 0.5) is 0 Å². The number of aromatic nitrogens is 2. The Balaban J connectivity index is 2.45. The highest BCUT2D eigenvalue weighted by Gasteiger charge is 2.16. The number of aliphatic hydroxyl groups excluding tert-OH is 1.